The maximum Gasteiger partial charge on any atom is 0.328 e. The standard InChI is InChI=1S/C14H16O4/c1-4-12-9(2)13(18-10(3)15)7-5-11(12)6-8-14(16)17/h5-8H,4H2,1-3H3,(H,16,17). The van der Waals surface area contributed by atoms with Crippen molar-refractivity contribution in [2.45, 2.75) is 27.2 Å². The van der Waals surface area contributed by atoms with E-state index in [0.717, 1.165) is 29.2 Å². The Morgan fingerprint density at radius 1 is 1.39 bits per heavy atom. The van der Waals surface area contributed by atoms with E-state index >= 15 is 0 Å². The molecular weight excluding hydrogens is 232 g/mol. The molecule has 4 nitrogen and oxygen atoms in total. The summed E-state index contributed by atoms with van der Waals surface area (Å²) in [6.07, 6.45) is 3.38. The van der Waals surface area contributed by atoms with Gasteiger partial charge in [0.05, 0.1) is 0 Å². The molecular formula is C14H16O4. The Kier molecular flexibility index (Phi) is 4.66. The molecule has 4 heteroatoms. The predicted molar refractivity (Wildman–Crippen MR) is 68.5 cm³/mol. The second-order valence-electron chi connectivity index (χ2n) is 3.88. The lowest BCUT2D eigenvalue weighted by molar-refractivity contribution is -0.132. The maximum atomic E-state index is 11.0. The van der Waals surface area contributed by atoms with Gasteiger partial charge in [0, 0.05) is 13.0 Å². The normalized spacial score (nSPS) is 10.6. The second kappa shape index (κ2) is 6.00. The third-order valence-corrected chi connectivity index (χ3v) is 2.60. The lowest BCUT2D eigenvalue weighted by Gasteiger charge is -2.12. The summed E-state index contributed by atoms with van der Waals surface area (Å²) in [6.45, 7) is 5.18. The molecule has 0 spiro atoms. The molecule has 0 aliphatic rings. The van der Waals surface area contributed by atoms with Crippen LogP contribution in [0.4, 0.5) is 0 Å². The predicted octanol–water partition coefficient (Wildman–Crippen LogP) is 2.58. The van der Waals surface area contributed by atoms with Crippen molar-refractivity contribution in [3.8, 4) is 5.75 Å². The second-order valence-corrected chi connectivity index (χ2v) is 3.88. The molecule has 0 unspecified atom stereocenters. The van der Waals surface area contributed by atoms with Crippen LogP contribution in [0.5, 0.6) is 5.75 Å². The number of carbonyl (C=O) groups is 2. The van der Waals surface area contributed by atoms with Crippen molar-refractivity contribution in [2.75, 3.05) is 0 Å². The van der Waals surface area contributed by atoms with E-state index in [-0.39, 0.29) is 5.97 Å². The van der Waals surface area contributed by atoms with Gasteiger partial charge in [-0.15, -0.1) is 0 Å². The monoisotopic (exact) mass is 248 g/mol. The number of hydrogen-bond acceptors (Lipinski definition) is 3. The number of carbonyl (C=O) groups excluding carboxylic acids is 1. The zero-order chi connectivity index (χ0) is 13.7. The summed E-state index contributed by atoms with van der Waals surface area (Å²) in [5.41, 5.74) is 2.67. The fourth-order valence-corrected chi connectivity index (χ4v) is 1.81. The van der Waals surface area contributed by atoms with Crippen molar-refractivity contribution in [2.24, 2.45) is 0 Å². The van der Waals surface area contributed by atoms with E-state index in [2.05, 4.69) is 0 Å². The molecule has 0 radical (unpaired) electrons. The number of rotatable bonds is 4. The van der Waals surface area contributed by atoms with Gasteiger partial charge in [-0.05, 0) is 42.2 Å². The number of carboxylic acids is 1. The third-order valence-electron chi connectivity index (χ3n) is 2.60. The summed E-state index contributed by atoms with van der Waals surface area (Å²) >= 11 is 0. The van der Waals surface area contributed by atoms with Crippen LogP contribution in [0, 0.1) is 6.92 Å². The number of aliphatic carboxylic acids is 1. The zero-order valence-corrected chi connectivity index (χ0v) is 10.7. The summed E-state index contributed by atoms with van der Waals surface area (Å²) in [7, 11) is 0. The molecule has 0 aliphatic heterocycles. The molecule has 1 N–H and O–H groups in total. The molecule has 0 heterocycles. The van der Waals surface area contributed by atoms with Gasteiger partial charge in [-0.25, -0.2) is 4.79 Å². The Labute approximate surface area is 106 Å². The summed E-state index contributed by atoms with van der Waals surface area (Å²) in [4.78, 5) is 21.5. The third kappa shape index (κ3) is 3.45. The zero-order valence-electron chi connectivity index (χ0n) is 10.7. The van der Waals surface area contributed by atoms with E-state index in [0.29, 0.717) is 5.75 Å². The highest BCUT2D eigenvalue weighted by Gasteiger charge is 2.09. The van der Waals surface area contributed by atoms with Crippen LogP contribution in [-0.2, 0) is 16.0 Å². The van der Waals surface area contributed by atoms with Crippen molar-refractivity contribution in [1.29, 1.82) is 0 Å². The Bertz CT molecular complexity index is 501. The Balaban J connectivity index is 3.20. The van der Waals surface area contributed by atoms with Crippen LogP contribution in [-0.4, -0.2) is 17.0 Å². The molecule has 0 atom stereocenters. The molecule has 0 fully saturated rings. The largest absolute Gasteiger partial charge is 0.478 e. The summed E-state index contributed by atoms with van der Waals surface area (Å²) < 4.78 is 5.09. The van der Waals surface area contributed by atoms with Crippen LogP contribution in [0.2, 0.25) is 0 Å². The van der Waals surface area contributed by atoms with Gasteiger partial charge in [-0.1, -0.05) is 13.0 Å². The van der Waals surface area contributed by atoms with Crippen LogP contribution >= 0.6 is 0 Å². The van der Waals surface area contributed by atoms with E-state index in [9.17, 15) is 9.59 Å². The van der Waals surface area contributed by atoms with Gasteiger partial charge in [0.1, 0.15) is 5.75 Å². The number of carboxylic acid groups (broad SMARTS) is 1. The molecule has 0 bridgehead atoms. The van der Waals surface area contributed by atoms with Gasteiger partial charge >= 0.3 is 11.9 Å². The summed E-state index contributed by atoms with van der Waals surface area (Å²) in [5.74, 6) is -0.834. The summed E-state index contributed by atoms with van der Waals surface area (Å²) in [5, 5.41) is 8.63. The highest BCUT2D eigenvalue weighted by atomic mass is 16.5. The number of ether oxygens (including phenoxy) is 1. The van der Waals surface area contributed by atoms with Crippen LogP contribution < -0.4 is 4.74 Å². The van der Waals surface area contributed by atoms with Gasteiger partial charge in [-0.2, -0.15) is 0 Å². The lowest BCUT2D eigenvalue weighted by Crippen LogP contribution is -2.05. The average molecular weight is 248 g/mol. The minimum Gasteiger partial charge on any atom is -0.478 e. The first-order valence-electron chi connectivity index (χ1n) is 5.67. The van der Waals surface area contributed by atoms with Crippen LogP contribution in [0.1, 0.15) is 30.5 Å². The Morgan fingerprint density at radius 2 is 2.06 bits per heavy atom. The van der Waals surface area contributed by atoms with Crippen molar-refractivity contribution >= 4 is 18.0 Å². The van der Waals surface area contributed by atoms with Crippen molar-refractivity contribution in [3.63, 3.8) is 0 Å². The van der Waals surface area contributed by atoms with Gasteiger partial charge in [0.15, 0.2) is 0 Å². The summed E-state index contributed by atoms with van der Waals surface area (Å²) in [6, 6.07) is 3.43. The van der Waals surface area contributed by atoms with E-state index in [4.69, 9.17) is 9.84 Å². The van der Waals surface area contributed by atoms with Crippen LogP contribution in [0.3, 0.4) is 0 Å². The topological polar surface area (TPSA) is 63.6 Å². The van der Waals surface area contributed by atoms with E-state index in [1.165, 1.54) is 6.92 Å². The number of esters is 1. The van der Waals surface area contributed by atoms with E-state index < -0.39 is 5.97 Å². The number of benzene rings is 1. The molecule has 0 saturated heterocycles. The fourth-order valence-electron chi connectivity index (χ4n) is 1.81. The van der Waals surface area contributed by atoms with Gasteiger partial charge in [0.2, 0.25) is 0 Å². The Morgan fingerprint density at radius 3 is 2.56 bits per heavy atom. The van der Waals surface area contributed by atoms with Gasteiger partial charge in [-0.3, -0.25) is 4.79 Å². The van der Waals surface area contributed by atoms with Crippen LogP contribution in [0.15, 0.2) is 18.2 Å². The molecule has 18 heavy (non-hydrogen) atoms. The molecule has 1 aromatic carbocycles. The van der Waals surface area contributed by atoms with Gasteiger partial charge < -0.3 is 9.84 Å². The van der Waals surface area contributed by atoms with E-state index in [1.807, 2.05) is 13.8 Å². The van der Waals surface area contributed by atoms with Crippen LogP contribution in [0.25, 0.3) is 6.08 Å². The molecule has 0 aromatic heterocycles. The van der Waals surface area contributed by atoms with E-state index in [1.54, 1.807) is 18.2 Å². The minimum atomic E-state index is -0.987. The number of hydrogen-bond donors (Lipinski definition) is 1. The van der Waals surface area contributed by atoms with Gasteiger partial charge in [0.25, 0.3) is 0 Å². The first-order chi connectivity index (χ1) is 8.45. The highest BCUT2D eigenvalue weighted by molar-refractivity contribution is 5.85. The first kappa shape index (κ1) is 14.0. The fraction of sp³-hybridized carbons (Fsp3) is 0.286. The Hall–Kier alpha value is -2.10. The molecule has 96 valence electrons. The first-order valence-corrected chi connectivity index (χ1v) is 5.67. The smallest absolute Gasteiger partial charge is 0.328 e. The average Bonchev–Trinajstić information content (AvgIpc) is 2.29. The van der Waals surface area contributed by atoms with Crippen molar-refractivity contribution in [1.82, 2.24) is 0 Å². The maximum absolute atomic E-state index is 11.0. The quantitative estimate of drug-likeness (QED) is 0.505. The van der Waals surface area contributed by atoms with Crippen molar-refractivity contribution in [3.05, 3.63) is 34.9 Å². The molecule has 0 aliphatic carbocycles. The molecule has 1 aromatic rings. The molecule has 0 amide bonds. The minimum absolute atomic E-state index is 0.367. The molecule has 0 saturated carbocycles. The highest BCUT2D eigenvalue weighted by Crippen LogP contribution is 2.26. The SMILES string of the molecule is CCc1c(C=CC(=O)O)ccc(OC(C)=O)c1C. The molecule has 1 rings (SSSR count). The van der Waals surface area contributed by atoms with Crippen molar-refractivity contribution < 1.29 is 19.4 Å². The lowest BCUT2D eigenvalue weighted by atomic mass is 9.98.